The Labute approximate surface area is 115 Å². The summed E-state index contributed by atoms with van der Waals surface area (Å²) in [6.45, 7) is 0.622. The molecule has 3 heteroatoms. The van der Waals surface area contributed by atoms with Gasteiger partial charge in [0.05, 0.1) is 6.61 Å². The maximum atomic E-state index is 10.7. The lowest BCUT2D eigenvalue weighted by Crippen LogP contribution is -2.01. The Morgan fingerprint density at radius 2 is 1.89 bits per heavy atom. The van der Waals surface area contributed by atoms with E-state index in [1.54, 1.807) is 12.1 Å². The van der Waals surface area contributed by atoms with Crippen LogP contribution in [0.15, 0.2) is 53.0 Å². The minimum atomic E-state index is 0.622. The van der Waals surface area contributed by atoms with Gasteiger partial charge in [0, 0.05) is 16.5 Å². The first-order valence-corrected chi connectivity index (χ1v) is 6.50. The molecule has 2 aromatic carbocycles. The van der Waals surface area contributed by atoms with Crippen LogP contribution in [0.4, 0.5) is 0 Å². The molecule has 2 nitrogen and oxygen atoms in total. The Morgan fingerprint density at radius 3 is 2.56 bits per heavy atom. The summed E-state index contributed by atoms with van der Waals surface area (Å²) in [5.74, 6) is 0.767. The molecule has 0 spiro atoms. The van der Waals surface area contributed by atoms with Crippen LogP contribution in [-0.4, -0.2) is 12.9 Å². The fourth-order valence-corrected chi connectivity index (χ4v) is 2.08. The quantitative estimate of drug-likeness (QED) is 0.784. The smallest absolute Gasteiger partial charge is 0.151 e. The van der Waals surface area contributed by atoms with E-state index in [1.165, 1.54) is 5.56 Å². The van der Waals surface area contributed by atoms with E-state index in [4.69, 9.17) is 4.74 Å². The van der Waals surface area contributed by atoms with Gasteiger partial charge in [-0.3, -0.25) is 4.79 Å². The molecule has 18 heavy (non-hydrogen) atoms. The average molecular weight is 305 g/mol. The van der Waals surface area contributed by atoms with E-state index < -0.39 is 0 Å². The van der Waals surface area contributed by atoms with Crippen LogP contribution in [0, 0.1) is 0 Å². The number of carbonyl (C=O) groups is 1. The summed E-state index contributed by atoms with van der Waals surface area (Å²) in [6, 6.07) is 15.6. The summed E-state index contributed by atoms with van der Waals surface area (Å²) in [4.78, 5) is 10.7. The molecule has 0 heterocycles. The number of carbonyl (C=O) groups excluding carboxylic acids is 1. The molecule has 0 amide bonds. The Balaban J connectivity index is 1.91. The third-order valence-corrected chi connectivity index (χ3v) is 3.29. The van der Waals surface area contributed by atoms with Crippen molar-refractivity contribution < 1.29 is 9.53 Å². The summed E-state index contributed by atoms with van der Waals surface area (Å²) >= 11 is 3.33. The molecule has 2 rings (SSSR count). The molecule has 0 saturated heterocycles. The fraction of sp³-hybridized carbons (Fsp3) is 0.133. The number of aldehydes is 1. The third kappa shape index (κ3) is 3.44. The molecule has 0 saturated carbocycles. The lowest BCUT2D eigenvalue weighted by molar-refractivity contribution is 0.112. The first-order chi connectivity index (χ1) is 8.79. The second-order valence-corrected chi connectivity index (χ2v) is 4.74. The highest BCUT2D eigenvalue weighted by Gasteiger charge is 2.01. The number of rotatable bonds is 5. The van der Waals surface area contributed by atoms with Crippen molar-refractivity contribution in [3.8, 4) is 5.75 Å². The van der Waals surface area contributed by atoms with Gasteiger partial charge in [0.2, 0.25) is 0 Å². The molecule has 0 aromatic heterocycles. The second-order valence-electron chi connectivity index (χ2n) is 3.89. The predicted octanol–water partition coefficient (Wildman–Crippen LogP) is 3.88. The topological polar surface area (TPSA) is 26.3 Å². The van der Waals surface area contributed by atoms with E-state index in [9.17, 15) is 4.79 Å². The van der Waals surface area contributed by atoms with E-state index >= 15 is 0 Å². The minimum absolute atomic E-state index is 0.622. The average Bonchev–Trinajstić information content (AvgIpc) is 2.40. The van der Waals surface area contributed by atoms with Gasteiger partial charge < -0.3 is 4.74 Å². The van der Waals surface area contributed by atoms with Crippen molar-refractivity contribution in [2.75, 3.05) is 6.61 Å². The maximum absolute atomic E-state index is 10.7. The zero-order valence-electron chi connectivity index (χ0n) is 9.80. The Morgan fingerprint density at radius 1 is 1.11 bits per heavy atom. The summed E-state index contributed by atoms with van der Waals surface area (Å²) in [5, 5.41) is 0. The monoisotopic (exact) mass is 304 g/mol. The van der Waals surface area contributed by atoms with Crippen LogP contribution in [0.25, 0.3) is 0 Å². The van der Waals surface area contributed by atoms with E-state index in [1.807, 2.05) is 24.3 Å². The molecule has 92 valence electrons. The first kappa shape index (κ1) is 12.8. The van der Waals surface area contributed by atoms with Gasteiger partial charge in [-0.25, -0.2) is 0 Å². The van der Waals surface area contributed by atoms with Crippen molar-refractivity contribution in [1.82, 2.24) is 0 Å². The van der Waals surface area contributed by atoms with Crippen molar-refractivity contribution >= 4 is 22.2 Å². The summed E-state index contributed by atoms with van der Waals surface area (Å²) in [6.07, 6.45) is 1.69. The standard InChI is InChI=1S/C15H13BrO2/c16-15-10-14(7-6-13(15)11-17)18-9-8-12-4-2-1-3-5-12/h1-7,10-11H,8-9H2. The van der Waals surface area contributed by atoms with Crippen molar-refractivity contribution in [2.45, 2.75) is 6.42 Å². The molecular weight excluding hydrogens is 292 g/mol. The fourth-order valence-electron chi connectivity index (χ4n) is 1.62. The number of halogens is 1. The number of hydrogen-bond donors (Lipinski definition) is 0. The highest BCUT2D eigenvalue weighted by atomic mass is 79.9. The van der Waals surface area contributed by atoms with Gasteiger partial charge in [0.15, 0.2) is 6.29 Å². The molecular formula is C15H13BrO2. The second kappa shape index (κ2) is 6.36. The van der Waals surface area contributed by atoms with Gasteiger partial charge in [-0.05, 0) is 39.7 Å². The number of ether oxygens (including phenoxy) is 1. The largest absolute Gasteiger partial charge is 0.493 e. The van der Waals surface area contributed by atoms with Crippen molar-refractivity contribution in [3.63, 3.8) is 0 Å². The van der Waals surface area contributed by atoms with Gasteiger partial charge in [-0.2, -0.15) is 0 Å². The van der Waals surface area contributed by atoms with Crippen LogP contribution in [0.3, 0.4) is 0 Å². The lowest BCUT2D eigenvalue weighted by Gasteiger charge is -2.07. The molecule has 0 bridgehead atoms. The Kier molecular flexibility index (Phi) is 4.53. The van der Waals surface area contributed by atoms with Gasteiger partial charge in [-0.15, -0.1) is 0 Å². The lowest BCUT2D eigenvalue weighted by atomic mass is 10.2. The van der Waals surface area contributed by atoms with E-state index in [0.717, 1.165) is 22.9 Å². The Bertz CT molecular complexity index is 523. The minimum Gasteiger partial charge on any atom is -0.493 e. The van der Waals surface area contributed by atoms with Gasteiger partial charge in [0.25, 0.3) is 0 Å². The normalized spacial score (nSPS) is 10.1. The van der Waals surface area contributed by atoms with Crippen LogP contribution in [0.1, 0.15) is 15.9 Å². The van der Waals surface area contributed by atoms with Crippen LogP contribution in [-0.2, 0) is 6.42 Å². The highest BCUT2D eigenvalue weighted by Crippen LogP contribution is 2.22. The molecule has 0 atom stereocenters. The molecule has 0 fully saturated rings. The van der Waals surface area contributed by atoms with Crippen molar-refractivity contribution in [1.29, 1.82) is 0 Å². The third-order valence-electron chi connectivity index (χ3n) is 2.60. The first-order valence-electron chi connectivity index (χ1n) is 5.71. The predicted molar refractivity (Wildman–Crippen MR) is 75.2 cm³/mol. The highest BCUT2D eigenvalue weighted by molar-refractivity contribution is 9.10. The van der Waals surface area contributed by atoms with E-state index in [2.05, 4.69) is 28.1 Å². The van der Waals surface area contributed by atoms with Crippen LogP contribution >= 0.6 is 15.9 Å². The number of hydrogen-bond acceptors (Lipinski definition) is 2. The molecule has 0 aliphatic heterocycles. The van der Waals surface area contributed by atoms with E-state index in [0.29, 0.717) is 12.2 Å². The molecule has 0 N–H and O–H groups in total. The van der Waals surface area contributed by atoms with Crippen LogP contribution in [0.5, 0.6) is 5.75 Å². The van der Waals surface area contributed by atoms with Crippen molar-refractivity contribution in [2.24, 2.45) is 0 Å². The SMILES string of the molecule is O=Cc1ccc(OCCc2ccccc2)cc1Br. The zero-order chi connectivity index (χ0) is 12.8. The molecule has 2 aromatic rings. The molecule has 0 radical (unpaired) electrons. The molecule has 0 aliphatic rings. The summed E-state index contributed by atoms with van der Waals surface area (Å²) < 4.78 is 6.40. The number of benzene rings is 2. The summed E-state index contributed by atoms with van der Waals surface area (Å²) in [7, 11) is 0. The van der Waals surface area contributed by atoms with Crippen molar-refractivity contribution in [3.05, 3.63) is 64.1 Å². The van der Waals surface area contributed by atoms with Gasteiger partial charge >= 0.3 is 0 Å². The zero-order valence-corrected chi connectivity index (χ0v) is 11.4. The Hall–Kier alpha value is -1.61. The van der Waals surface area contributed by atoms with Gasteiger partial charge in [-0.1, -0.05) is 30.3 Å². The van der Waals surface area contributed by atoms with Crippen LogP contribution in [0.2, 0.25) is 0 Å². The molecule has 0 unspecified atom stereocenters. The molecule has 0 aliphatic carbocycles. The van der Waals surface area contributed by atoms with Crippen LogP contribution < -0.4 is 4.74 Å². The summed E-state index contributed by atoms with van der Waals surface area (Å²) in [5.41, 5.74) is 1.88. The van der Waals surface area contributed by atoms with E-state index in [-0.39, 0.29) is 0 Å². The maximum Gasteiger partial charge on any atom is 0.151 e. The van der Waals surface area contributed by atoms with Gasteiger partial charge in [0.1, 0.15) is 5.75 Å².